The molecule has 76 valence electrons. The van der Waals surface area contributed by atoms with Gasteiger partial charge < -0.3 is 15.8 Å². The van der Waals surface area contributed by atoms with Gasteiger partial charge in [0, 0.05) is 18.2 Å². The first kappa shape index (κ1) is 9.49. The molecule has 3 heteroatoms. The van der Waals surface area contributed by atoms with Crippen LogP contribution in [0, 0.1) is 0 Å². The van der Waals surface area contributed by atoms with Gasteiger partial charge in [0.2, 0.25) is 0 Å². The van der Waals surface area contributed by atoms with Crippen molar-refractivity contribution >= 4 is 0 Å². The Morgan fingerprint density at radius 3 is 3.14 bits per heavy atom. The molecule has 1 heterocycles. The lowest BCUT2D eigenvalue weighted by atomic mass is 9.93. The van der Waals surface area contributed by atoms with E-state index in [0.717, 1.165) is 18.7 Å². The molecule has 0 bridgehead atoms. The lowest BCUT2D eigenvalue weighted by Gasteiger charge is -2.27. The maximum absolute atomic E-state index is 5.71. The number of ether oxygens (including phenoxy) is 1. The number of hydrogen-bond acceptors (Lipinski definition) is 3. The van der Waals surface area contributed by atoms with Gasteiger partial charge in [-0.15, -0.1) is 0 Å². The predicted molar refractivity (Wildman–Crippen MR) is 56.5 cm³/mol. The molecule has 0 spiro atoms. The largest absolute Gasteiger partial charge is 0.496 e. The van der Waals surface area contributed by atoms with Crippen molar-refractivity contribution in [3.05, 3.63) is 29.3 Å². The van der Waals surface area contributed by atoms with Crippen molar-refractivity contribution in [3.63, 3.8) is 0 Å². The SMILES string of the molecule is COc1cccc2c1CCNC2CN. The van der Waals surface area contributed by atoms with Crippen LogP contribution in [0.4, 0.5) is 0 Å². The summed E-state index contributed by atoms with van der Waals surface area (Å²) in [6.45, 7) is 1.62. The molecule has 0 radical (unpaired) electrons. The van der Waals surface area contributed by atoms with Crippen LogP contribution in [-0.4, -0.2) is 20.2 Å². The number of fused-ring (bicyclic) bond motifs is 1. The van der Waals surface area contributed by atoms with Crippen LogP contribution in [0.3, 0.4) is 0 Å². The second kappa shape index (κ2) is 3.98. The number of nitrogens with one attached hydrogen (secondary N) is 1. The van der Waals surface area contributed by atoms with E-state index < -0.39 is 0 Å². The molecule has 2 rings (SSSR count). The number of nitrogens with two attached hydrogens (primary N) is 1. The average Bonchev–Trinajstić information content (AvgIpc) is 2.27. The molecule has 14 heavy (non-hydrogen) atoms. The Morgan fingerprint density at radius 1 is 1.57 bits per heavy atom. The second-order valence-corrected chi connectivity index (χ2v) is 3.52. The highest BCUT2D eigenvalue weighted by Crippen LogP contribution is 2.29. The van der Waals surface area contributed by atoms with Gasteiger partial charge in [0.1, 0.15) is 5.75 Å². The fourth-order valence-electron chi connectivity index (χ4n) is 2.06. The van der Waals surface area contributed by atoms with Crippen molar-refractivity contribution in [2.75, 3.05) is 20.2 Å². The Labute approximate surface area is 84.3 Å². The second-order valence-electron chi connectivity index (χ2n) is 3.52. The average molecular weight is 192 g/mol. The molecule has 1 aromatic rings. The van der Waals surface area contributed by atoms with Gasteiger partial charge in [-0.2, -0.15) is 0 Å². The zero-order valence-corrected chi connectivity index (χ0v) is 8.42. The quantitative estimate of drug-likeness (QED) is 0.730. The van der Waals surface area contributed by atoms with Gasteiger partial charge in [0.25, 0.3) is 0 Å². The Morgan fingerprint density at radius 2 is 2.43 bits per heavy atom. The van der Waals surface area contributed by atoms with Crippen molar-refractivity contribution < 1.29 is 4.74 Å². The fraction of sp³-hybridized carbons (Fsp3) is 0.455. The molecule has 0 saturated carbocycles. The minimum atomic E-state index is 0.286. The van der Waals surface area contributed by atoms with E-state index in [1.165, 1.54) is 11.1 Å². The maximum atomic E-state index is 5.71. The first-order valence-corrected chi connectivity index (χ1v) is 4.96. The molecule has 1 aromatic carbocycles. The topological polar surface area (TPSA) is 47.3 Å². The van der Waals surface area contributed by atoms with Crippen LogP contribution in [0.25, 0.3) is 0 Å². The Kier molecular flexibility index (Phi) is 2.70. The summed E-state index contributed by atoms with van der Waals surface area (Å²) in [7, 11) is 1.72. The van der Waals surface area contributed by atoms with Crippen LogP contribution < -0.4 is 15.8 Å². The Bertz CT molecular complexity index is 325. The van der Waals surface area contributed by atoms with E-state index in [1.807, 2.05) is 12.1 Å². The summed E-state index contributed by atoms with van der Waals surface area (Å²) in [4.78, 5) is 0. The highest BCUT2D eigenvalue weighted by molar-refractivity contribution is 5.43. The van der Waals surface area contributed by atoms with E-state index in [1.54, 1.807) is 7.11 Å². The fourth-order valence-corrected chi connectivity index (χ4v) is 2.06. The van der Waals surface area contributed by atoms with Gasteiger partial charge in [0.05, 0.1) is 7.11 Å². The molecule has 3 N–H and O–H groups in total. The molecule has 1 aliphatic rings. The molecule has 1 aliphatic heterocycles. The van der Waals surface area contributed by atoms with E-state index in [9.17, 15) is 0 Å². The predicted octanol–water partition coefficient (Wildman–Crippen LogP) is 0.841. The van der Waals surface area contributed by atoms with E-state index in [4.69, 9.17) is 10.5 Å². The van der Waals surface area contributed by atoms with Crippen molar-refractivity contribution in [1.82, 2.24) is 5.32 Å². The molecule has 1 unspecified atom stereocenters. The Hall–Kier alpha value is -1.06. The number of hydrogen-bond donors (Lipinski definition) is 2. The molecule has 0 fully saturated rings. The first-order valence-electron chi connectivity index (χ1n) is 4.96. The van der Waals surface area contributed by atoms with Crippen molar-refractivity contribution in [2.45, 2.75) is 12.5 Å². The summed E-state index contributed by atoms with van der Waals surface area (Å²) in [5.41, 5.74) is 8.31. The number of methoxy groups -OCH3 is 1. The molecule has 0 amide bonds. The third kappa shape index (κ3) is 1.49. The third-order valence-corrected chi connectivity index (χ3v) is 2.77. The first-order chi connectivity index (χ1) is 6.86. The minimum Gasteiger partial charge on any atom is -0.496 e. The number of benzene rings is 1. The lowest BCUT2D eigenvalue weighted by molar-refractivity contribution is 0.401. The van der Waals surface area contributed by atoms with E-state index in [2.05, 4.69) is 11.4 Å². The molecule has 0 saturated heterocycles. The lowest BCUT2D eigenvalue weighted by Crippen LogP contribution is -2.34. The van der Waals surface area contributed by atoms with Gasteiger partial charge in [-0.1, -0.05) is 12.1 Å². The summed E-state index contributed by atoms with van der Waals surface area (Å²) in [5.74, 6) is 0.988. The summed E-state index contributed by atoms with van der Waals surface area (Å²) in [6, 6.07) is 6.45. The van der Waals surface area contributed by atoms with Crippen molar-refractivity contribution in [2.24, 2.45) is 5.73 Å². The van der Waals surface area contributed by atoms with Gasteiger partial charge in [-0.25, -0.2) is 0 Å². The van der Waals surface area contributed by atoms with Crippen LogP contribution in [-0.2, 0) is 6.42 Å². The van der Waals surface area contributed by atoms with Gasteiger partial charge >= 0.3 is 0 Å². The van der Waals surface area contributed by atoms with E-state index in [0.29, 0.717) is 6.54 Å². The highest BCUT2D eigenvalue weighted by Gasteiger charge is 2.20. The summed E-state index contributed by atoms with van der Waals surface area (Å²) in [5, 5.41) is 3.40. The van der Waals surface area contributed by atoms with E-state index >= 15 is 0 Å². The normalized spacial score (nSPS) is 20.3. The monoisotopic (exact) mass is 192 g/mol. The van der Waals surface area contributed by atoms with Crippen LogP contribution >= 0.6 is 0 Å². The highest BCUT2D eigenvalue weighted by atomic mass is 16.5. The van der Waals surface area contributed by atoms with Crippen LogP contribution in [0.1, 0.15) is 17.2 Å². The standard InChI is InChI=1S/C11H16N2O/c1-14-11-4-2-3-8-9(11)5-6-13-10(8)7-12/h2-4,10,13H,5-7,12H2,1H3. The summed E-state index contributed by atoms with van der Waals surface area (Å²) in [6.07, 6.45) is 1.02. The molecule has 0 aromatic heterocycles. The van der Waals surface area contributed by atoms with Crippen LogP contribution in [0.2, 0.25) is 0 Å². The molecule has 3 nitrogen and oxygen atoms in total. The summed E-state index contributed by atoms with van der Waals surface area (Å²) < 4.78 is 5.34. The smallest absolute Gasteiger partial charge is 0.122 e. The zero-order valence-electron chi connectivity index (χ0n) is 8.42. The van der Waals surface area contributed by atoms with Crippen molar-refractivity contribution in [3.8, 4) is 5.75 Å². The van der Waals surface area contributed by atoms with Crippen LogP contribution in [0.5, 0.6) is 5.75 Å². The minimum absolute atomic E-state index is 0.286. The van der Waals surface area contributed by atoms with Crippen LogP contribution in [0.15, 0.2) is 18.2 Å². The maximum Gasteiger partial charge on any atom is 0.122 e. The summed E-state index contributed by atoms with van der Waals surface area (Å²) >= 11 is 0. The van der Waals surface area contributed by atoms with Crippen molar-refractivity contribution in [1.29, 1.82) is 0 Å². The van der Waals surface area contributed by atoms with E-state index in [-0.39, 0.29) is 6.04 Å². The molecule has 1 atom stereocenters. The number of rotatable bonds is 2. The molecular formula is C11H16N2O. The zero-order chi connectivity index (χ0) is 9.97. The van der Waals surface area contributed by atoms with Gasteiger partial charge in [-0.05, 0) is 24.6 Å². The van der Waals surface area contributed by atoms with Gasteiger partial charge in [-0.3, -0.25) is 0 Å². The molecule has 0 aliphatic carbocycles. The van der Waals surface area contributed by atoms with Gasteiger partial charge in [0.15, 0.2) is 0 Å². The molecular weight excluding hydrogens is 176 g/mol. The third-order valence-electron chi connectivity index (χ3n) is 2.77. The Balaban J connectivity index is 2.43.